The van der Waals surface area contributed by atoms with E-state index in [9.17, 15) is 40.3 Å². The van der Waals surface area contributed by atoms with E-state index >= 15 is 0 Å². The molecule has 1 aliphatic carbocycles. The molecule has 0 saturated heterocycles. The molecule has 1 aliphatic rings. The zero-order valence-electron chi connectivity index (χ0n) is 18.9. The van der Waals surface area contributed by atoms with Gasteiger partial charge in [-0.25, -0.2) is 5.43 Å². The fourth-order valence-corrected chi connectivity index (χ4v) is 3.90. The largest absolute Gasteiger partial charge is 0.460 e. The molecule has 0 aliphatic heterocycles. The van der Waals surface area contributed by atoms with E-state index in [-0.39, 0.29) is 34.8 Å². The second-order valence-corrected chi connectivity index (χ2v) is 8.18. The monoisotopic (exact) mass is 530 g/mol. The van der Waals surface area contributed by atoms with Crippen LogP contribution in [-0.2, 0) is 11.2 Å². The maximum absolute atomic E-state index is 13.6. The van der Waals surface area contributed by atoms with E-state index in [0.29, 0.717) is 29.4 Å². The highest BCUT2D eigenvalue weighted by Crippen LogP contribution is 2.46. The third kappa shape index (κ3) is 4.51. The number of fused-ring (bicyclic) bond motifs is 2. The lowest BCUT2D eigenvalue weighted by atomic mass is 9.93. The summed E-state index contributed by atoms with van der Waals surface area (Å²) < 4.78 is 96.3. The van der Waals surface area contributed by atoms with Crippen molar-refractivity contribution in [3.63, 3.8) is 0 Å². The Morgan fingerprint density at radius 2 is 1.76 bits per heavy atom. The van der Waals surface area contributed by atoms with Crippen molar-refractivity contribution in [2.45, 2.75) is 44.2 Å². The molecule has 7 nitrogen and oxygen atoms in total. The number of amides is 2. The summed E-state index contributed by atoms with van der Waals surface area (Å²) in [5.41, 5.74) is 2.42. The summed E-state index contributed by atoms with van der Waals surface area (Å²) in [5, 5.41) is 6.72. The van der Waals surface area contributed by atoms with E-state index in [4.69, 9.17) is 4.42 Å². The zero-order valence-corrected chi connectivity index (χ0v) is 18.9. The van der Waals surface area contributed by atoms with Gasteiger partial charge in [-0.05, 0) is 44.0 Å². The van der Waals surface area contributed by atoms with Crippen LogP contribution >= 0.6 is 0 Å². The highest BCUT2D eigenvalue weighted by Gasteiger charge is 2.76. The van der Waals surface area contributed by atoms with Crippen LogP contribution in [0.25, 0.3) is 10.9 Å². The van der Waals surface area contributed by atoms with Gasteiger partial charge in [0.25, 0.3) is 5.91 Å². The van der Waals surface area contributed by atoms with Crippen LogP contribution in [0, 0.1) is 6.92 Å². The molecule has 196 valence electrons. The zero-order chi connectivity index (χ0) is 27.2. The number of hydrogen-bond donors (Lipinski definition) is 2. The van der Waals surface area contributed by atoms with Gasteiger partial charge in [-0.3, -0.25) is 14.6 Å². The number of anilines is 1. The lowest BCUT2D eigenvalue weighted by Gasteiger charge is -2.26. The highest BCUT2D eigenvalue weighted by molar-refractivity contribution is 6.11. The van der Waals surface area contributed by atoms with Crippen LogP contribution in [0.3, 0.4) is 0 Å². The van der Waals surface area contributed by atoms with Gasteiger partial charge in [0.05, 0.1) is 16.9 Å². The summed E-state index contributed by atoms with van der Waals surface area (Å²) in [7, 11) is 0. The number of hydrazone groups is 1. The molecule has 0 bridgehead atoms. The molecule has 2 amide bonds. The van der Waals surface area contributed by atoms with Crippen LogP contribution in [0.2, 0.25) is 0 Å². The average Bonchev–Trinajstić information content (AvgIpc) is 3.19. The van der Waals surface area contributed by atoms with Crippen molar-refractivity contribution in [1.29, 1.82) is 0 Å². The Hall–Kier alpha value is -3.97. The lowest BCUT2D eigenvalue weighted by Crippen LogP contribution is -2.58. The van der Waals surface area contributed by atoms with E-state index in [0.717, 1.165) is 5.43 Å². The predicted molar refractivity (Wildman–Crippen MR) is 117 cm³/mol. The minimum absolute atomic E-state index is 0.0466. The summed E-state index contributed by atoms with van der Waals surface area (Å²) in [5.74, 6) is -16.3. The molecule has 0 spiro atoms. The molecule has 14 heteroatoms. The number of aryl methyl sites for hydroxylation is 1. The summed E-state index contributed by atoms with van der Waals surface area (Å²) in [6, 6.07) is 8.48. The second-order valence-electron chi connectivity index (χ2n) is 8.18. The number of alkyl halides is 7. The Morgan fingerprint density at radius 3 is 2.46 bits per heavy atom. The Kier molecular flexibility index (Phi) is 6.46. The van der Waals surface area contributed by atoms with Gasteiger partial charge in [0.1, 0.15) is 5.76 Å². The van der Waals surface area contributed by atoms with Gasteiger partial charge >= 0.3 is 23.9 Å². The van der Waals surface area contributed by atoms with Crippen LogP contribution in [0.15, 0.2) is 46.0 Å². The minimum atomic E-state index is -6.66. The van der Waals surface area contributed by atoms with E-state index < -0.39 is 29.8 Å². The lowest BCUT2D eigenvalue weighted by molar-refractivity contribution is -0.344. The first kappa shape index (κ1) is 26.1. The van der Waals surface area contributed by atoms with Crippen molar-refractivity contribution < 1.29 is 44.7 Å². The van der Waals surface area contributed by atoms with Crippen molar-refractivity contribution in [3.8, 4) is 0 Å². The van der Waals surface area contributed by atoms with Crippen molar-refractivity contribution in [1.82, 2.24) is 10.4 Å². The van der Waals surface area contributed by atoms with Gasteiger partial charge in [-0.15, -0.1) is 0 Å². The Labute approximate surface area is 203 Å². The van der Waals surface area contributed by atoms with Gasteiger partial charge in [0.2, 0.25) is 0 Å². The standard InChI is InChI=1S/C23H17F7N4O3/c1-11-17-15(33-34-20(36)21(24,25)22(26,27)23(28,29)30)8-3-9-16(17)37-18(11)19(35)32-14-7-2-6-13-12(14)5-4-10-31-13/h2,4-7,10H,3,8-9H2,1H3,(H,32,35)(H,34,36)/b33-15+. The van der Waals surface area contributed by atoms with Crippen LogP contribution in [-0.4, -0.2) is 40.5 Å². The number of carbonyl (C=O) groups is 2. The van der Waals surface area contributed by atoms with E-state index in [2.05, 4.69) is 15.4 Å². The van der Waals surface area contributed by atoms with Gasteiger partial charge in [0, 0.05) is 29.1 Å². The van der Waals surface area contributed by atoms with Crippen molar-refractivity contribution in [2.75, 3.05) is 5.32 Å². The molecule has 4 rings (SSSR count). The number of benzene rings is 1. The van der Waals surface area contributed by atoms with Gasteiger partial charge in [-0.2, -0.15) is 35.8 Å². The molecule has 2 heterocycles. The first-order chi connectivity index (χ1) is 17.3. The highest BCUT2D eigenvalue weighted by atomic mass is 19.4. The van der Waals surface area contributed by atoms with Gasteiger partial charge in [-0.1, -0.05) is 6.07 Å². The number of nitrogens with zero attached hydrogens (tertiary/aromatic N) is 2. The molecule has 0 fully saturated rings. The molecular weight excluding hydrogens is 513 g/mol. The molecule has 0 radical (unpaired) electrons. The Balaban J connectivity index is 1.60. The molecule has 0 atom stereocenters. The first-order valence-corrected chi connectivity index (χ1v) is 10.7. The SMILES string of the molecule is Cc1c(C(=O)Nc2cccc3ncccc23)oc2c1/C(=N/NC(=O)C(F)(F)C(F)(F)C(F)(F)F)CCC2. The second kappa shape index (κ2) is 9.16. The number of aromatic nitrogens is 1. The number of halogens is 7. The molecule has 0 unspecified atom stereocenters. The maximum Gasteiger partial charge on any atom is 0.460 e. The van der Waals surface area contributed by atoms with Crippen LogP contribution in [0.5, 0.6) is 0 Å². The van der Waals surface area contributed by atoms with Crippen molar-refractivity contribution >= 4 is 34.1 Å². The quantitative estimate of drug-likeness (QED) is 0.342. The number of furan rings is 1. The molecule has 3 aromatic rings. The number of rotatable bonds is 5. The predicted octanol–water partition coefficient (Wildman–Crippen LogP) is 5.38. The number of carbonyl (C=O) groups excluding carboxylic acids is 2. The van der Waals surface area contributed by atoms with Crippen molar-refractivity contribution in [3.05, 3.63) is 59.2 Å². The summed E-state index contributed by atoms with van der Waals surface area (Å²) in [4.78, 5) is 28.8. The minimum Gasteiger partial charge on any atom is -0.455 e. The van der Waals surface area contributed by atoms with E-state index in [1.165, 1.54) is 6.92 Å². The van der Waals surface area contributed by atoms with Crippen LogP contribution in [0.4, 0.5) is 36.4 Å². The third-order valence-electron chi connectivity index (χ3n) is 5.75. The topological polar surface area (TPSA) is 96.6 Å². The molecule has 1 aromatic carbocycles. The normalized spacial score (nSPS) is 15.5. The average molecular weight is 530 g/mol. The first-order valence-electron chi connectivity index (χ1n) is 10.7. The summed E-state index contributed by atoms with van der Waals surface area (Å²) in [6.45, 7) is 1.46. The summed E-state index contributed by atoms with van der Waals surface area (Å²) in [6.07, 6.45) is -4.41. The maximum atomic E-state index is 13.6. The molecule has 2 aromatic heterocycles. The Bertz CT molecular complexity index is 1410. The van der Waals surface area contributed by atoms with E-state index in [1.807, 2.05) is 0 Å². The van der Waals surface area contributed by atoms with Gasteiger partial charge in [0.15, 0.2) is 5.76 Å². The summed E-state index contributed by atoms with van der Waals surface area (Å²) >= 11 is 0. The fourth-order valence-electron chi connectivity index (χ4n) is 3.90. The smallest absolute Gasteiger partial charge is 0.455 e. The number of hydrogen-bond acceptors (Lipinski definition) is 5. The number of pyridine rings is 1. The fraction of sp³-hybridized carbons (Fsp3) is 0.304. The third-order valence-corrected chi connectivity index (χ3v) is 5.75. The molecular formula is C23H17F7N4O3. The van der Waals surface area contributed by atoms with Crippen molar-refractivity contribution in [2.24, 2.45) is 5.10 Å². The Morgan fingerprint density at radius 1 is 1.03 bits per heavy atom. The molecule has 2 N–H and O–H groups in total. The molecule has 37 heavy (non-hydrogen) atoms. The van der Waals surface area contributed by atoms with E-state index in [1.54, 1.807) is 36.5 Å². The molecule has 0 saturated carbocycles. The van der Waals surface area contributed by atoms with Crippen LogP contribution < -0.4 is 10.7 Å². The van der Waals surface area contributed by atoms with Crippen LogP contribution in [0.1, 0.15) is 40.3 Å². The van der Waals surface area contributed by atoms with Gasteiger partial charge < -0.3 is 9.73 Å². The number of nitrogens with one attached hydrogen (secondary N) is 2.